The molecule has 80 valence electrons. The Morgan fingerprint density at radius 1 is 1.14 bits per heavy atom. The molecule has 2 atom stereocenters. The first-order valence-corrected chi connectivity index (χ1v) is 6.91. The van der Waals surface area contributed by atoms with Crippen LogP contribution in [0.4, 0.5) is 0 Å². The highest BCUT2D eigenvalue weighted by Gasteiger charge is 2.48. The van der Waals surface area contributed by atoms with Crippen molar-refractivity contribution in [1.29, 1.82) is 0 Å². The summed E-state index contributed by atoms with van der Waals surface area (Å²) >= 11 is 0. The molecular weight excluding hydrogens is 200 g/mol. The molecule has 0 spiro atoms. The highest BCUT2D eigenvalue weighted by molar-refractivity contribution is 7.90. The van der Waals surface area contributed by atoms with Crippen LogP contribution in [0, 0.1) is 5.92 Å². The maximum Gasteiger partial charge on any atom is 0.217 e. The fourth-order valence-corrected chi connectivity index (χ4v) is 4.78. The van der Waals surface area contributed by atoms with Crippen LogP contribution in [-0.2, 0) is 10.0 Å². The number of rotatable bonds is 2. The second-order valence-electron chi connectivity index (χ2n) is 4.63. The van der Waals surface area contributed by atoms with E-state index < -0.39 is 10.0 Å². The first-order chi connectivity index (χ1) is 6.69. The molecule has 1 saturated carbocycles. The lowest BCUT2D eigenvalue weighted by molar-refractivity contribution is 0.382. The van der Waals surface area contributed by atoms with Crippen molar-refractivity contribution < 1.29 is 8.42 Å². The highest BCUT2D eigenvalue weighted by Crippen LogP contribution is 2.37. The van der Waals surface area contributed by atoms with Crippen LogP contribution in [0.3, 0.4) is 0 Å². The fraction of sp³-hybridized carbons (Fsp3) is 1.00. The Morgan fingerprint density at radius 2 is 1.93 bits per heavy atom. The van der Waals surface area contributed by atoms with E-state index in [4.69, 9.17) is 0 Å². The summed E-state index contributed by atoms with van der Waals surface area (Å²) in [4.78, 5) is 0. The third kappa shape index (κ3) is 1.22. The third-order valence-electron chi connectivity index (χ3n) is 3.67. The molecule has 2 heterocycles. The van der Waals surface area contributed by atoms with Crippen LogP contribution >= 0.6 is 0 Å². The van der Waals surface area contributed by atoms with Gasteiger partial charge in [0, 0.05) is 19.1 Å². The molecule has 1 N–H and O–H groups in total. The predicted octanol–water partition coefficient (Wildman–Crippen LogP) is -0.228. The minimum Gasteiger partial charge on any atom is -0.315 e. The lowest BCUT2D eigenvalue weighted by atomic mass is 10.1. The molecule has 1 aliphatic carbocycles. The fourth-order valence-electron chi connectivity index (χ4n) is 2.68. The molecule has 0 amide bonds. The molecule has 0 radical (unpaired) electrons. The Hall–Kier alpha value is -0.130. The van der Waals surface area contributed by atoms with Crippen LogP contribution in [0.15, 0.2) is 0 Å². The number of nitrogens with one attached hydrogen (secondary N) is 1. The normalized spacial score (nSPS) is 38.9. The van der Waals surface area contributed by atoms with Gasteiger partial charge >= 0.3 is 0 Å². The summed E-state index contributed by atoms with van der Waals surface area (Å²) in [6.45, 7) is 2.62. The van der Waals surface area contributed by atoms with Gasteiger partial charge in [-0.25, -0.2) is 8.42 Å². The molecule has 0 aromatic heterocycles. The van der Waals surface area contributed by atoms with Gasteiger partial charge in [0.1, 0.15) is 0 Å². The number of sulfonamides is 1. The summed E-state index contributed by atoms with van der Waals surface area (Å²) in [7, 11) is -2.93. The molecular formula is C9H16N2O2S. The summed E-state index contributed by atoms with van der Waals surface area (Å²) in [6.07, 6.45) is 2.80. The molecule has 0 unspecified atom stereocenters. The van der Waals surface area contributed by atoms with Crippen molar-refractivity contribution in [1.82, 2.24) is 9.62 Å². The standard InChI is InChI=1S/C9H16N2O2S/c12-14(13,8-1-2-8)11-4-3-7-5-10-6-9(7)11/h7-10H,1-6H2/t7-,9+/m0/s1. The van der Waals surface area contributed by atoms with Crippen molar-refractivity contribution in [2.45, 2.75) is 30.6 Å². The van der Waals surface area contributed by atoms with Crippen molar-refractivity contribution >= 4 is 10.0 Å². The third-order valence-corrected chi connectivity index (χ3v) is 6.09. The van der Waals surface area contributed by atoms with Crippen molar-refractivity contribution in [3.05, 3.63) is 0 Å². The number of fused-ring (bicyclic) bond motifs is 1. The second kappa shape index (κ2) is 2.93. The van der Waals surface area contributed by atoms with Gasteiger partial charge in [-0.05, 0) is 31.7 Å². The van der Waals surface area contributed by atoms with E-state index in [1.807, 2.05) is 0 Å². The van der Waals surface area contributed by atoms with Gasteiger partial charge in [-0.1, -0.05) is 0 Å². The van der Waals surface area contributed by atoms with Gasteiger partial charge in [0.05, 0.1) is 5.25 Å². The first kappa shape index (κ1) is 9.12. The molecule has 0 aromatic carbocycles. The van der Waals surface area contributed by atoms with E-state index in [0.29, 0.717) is 5.92 Å². The topological polar surface area (TPSA) is 49.4 Å². The Balaban J connectivity index is 1.85. The molecule has 3 rings (SSSR count). The lowest BCUT2D eigenvalue weighted by Crippen LogP contribution is -2.40. The molecule has 0 bridgehead atoms. The molecule has 3 aliphatic rings. The van der Waals surface area contributed by atoms with E-state index in [9.17, 15) is 8.42 Å². The molecule has 0 aromatic rings. The summed E-state index contributed by atoms with van der Waals surface area (Å²) in [5.74, 6) is 0.573. The van der Waals surface area contributed by atoms with E-state index in [-0.39, 0.29) is 11.3 Å². The minimum absolute atomic E-state index is 0.0400. The van der Waals surface area contributed by atoms with Crippen LogP contribution in [0.1, 0.15) is 19.3 Å². The molecule has 4 nitrogen and oxygen atoms in total. The highest BCUT2D eigenvalue weighted by atomic mass is 32.2. The molecule has 2 saturated heterocycles. The van der Waals surface area contributed by atoms with Gasteiger partial charge in [0.25, 0.3) is 0 Å². The van der Waals surface area contributed by atoms with Crippen LogP contribution in [0.5, 0.6) is 0 Å². The quantitative estimate of drug-likeness (QED) is 0.694. The predicted molar refractivity (Wildman–Crippen MR) is 53.4 cm³/mol. The van der Waals surface area contributed by atoms with Crippen molar-refractivity contribution in [3.8, 4) is 0 Å². The SMILES string of the molecule is O=S(=O)(C1CC1)N1CC[C@H]2CNC[C@H]21. The van der Waals surface area contributed by atoms with Gasteiger partial charge in [-0.3, -0.25) is 0 Å². The Kier molecular flexibility index (Phi) is 1.91. The van der Waals surface area contributed by atoms with Gasteiger partial charge < -0.3 is 5.32 Å². The first-order valence-electron chi connectivity index (χ1n) is 5.41. The largest absolute Gasteiger partial charge is 0.315 e. The van der Waals surface area contributed by atoms with Crippen molar-refractivity contribution in [3.63, 3.8) is 0 Å². The Morgan fingerprint density at radius 3 is 2.64 bits per heavy atom. The molecule has 2 aliphatic heterocycles. The van der Waals surface area contributed by atoms with E-state index in [0.717, 1.165) is 38.9 Å². The second-order valence-corrected chi connectivity index (χ2v) is 6.79. The smallest absolute Gasteiger partial charge is 0.217 e. The van der Waals surface area contributed by atoms with Gasteiger partial charge in [-0.2, -0.15) is 4.31 Å². The van der Waals surface area contributed by atoms with Crippen molar-refractivity contribution in [2.75, 3.05) is 19.6 Å². The average Bonchev–Trinajstić information content (AvgIpc) is 2.75. The van der Waals surface area contributed by atoms with E-state index in [2.05, 4.69) is 5.32 Å². The van der Waals surface area contributed by atoms with E-state index >= 15 is 0 Å². The van der Waals surface area contributed by atoms with Gasteiger partial charge in [-0.15, -0.1) is 0 Å². The van der Waals surface area contributed by atoms with E-state index in [1.165, 1.54) is 0 Å². The summed E-state index contributed by atoms with van der Waals surface area (Å²) in [6, 6.07) is 0.264. The minimum atomic E-state index is -2.93. The van der Waals surface area contributed by atoms with Gasteiger partial charge in [0.2, 0.25) is 10.0 Å². The zero-order valence-corrected chi connectivity index (χ0v) is 8.96. The van der Waals surface area contributed by atoms with Crippen LogP contribution < -0.4 is 5.32 Å². The van der Waals surface area contributed by atoms with E-state index in [1.54, 1.807) is 4.31 Å². The lowest BCUT2D eigenvalue weighted by Gasteiger charge is -2.22. The zero-order chi connectivity index (χ0) is 9.76. The Bertz CT molecular complexity index is 337. The molecule has 14 heavy (non-hydrogen) atoms. The van der Waals surface area contributed by atoms with Crippen LogP contribution in [-0.4, -0.2) is 43.6 Å². The summed E-state index contributed by atoms with van der Waals surface area (Å²) < 4.78 is 25.8. The average molecular weight is 216 g/mol. The summed E-state index contributed by atoms with van der Waals surface area (Å²) in [5.41, 5.74) is 0. The number of hydrogen-bond acceptors (Lipinski definition) is 3. The summed E-state index contributed by atoms with van der Waals surface area (Å²) in [5, 5.41) is 3.24. The Labute approximate surface area is 84.7 Å². The maximum absolute atomic E-state index is 12.0. The van der Waals surface area contributed by atoms with Crippen molar-refractivity contribution in [2.24, 2.45) is 5.92 Å². The number of hydrogen-bond donors (Lipinski definition) is 1. The maximum atomic E-state index is 12.0. The van der Waals surface area contributed by atoms with Crippen LogP contribution in [0.25, 0.3) is 0 Å². The molecule has 3 fully saturated rings. The number of nitrogens with zero attached hydrogens (tertiary/aromatic N) is 1. The molecule has 5 heteroatoms. The van der Waals surface area contributed by atoms with Crippen LogP contribution in [0.2, 0.25) is 0 Å². The van der Waals surface area contributed by atoms with Gasteiger partial charge in [0.15, 0.2) is 0 Å². The monoisotopic (exact) mass is 216 g/mol. The zero-order valence-electron chi connectivity index (χ0n) is 8.15.